The van der Waals surface area contributed by atoms with Crippen molar-refractivity contribution in [1.29, 1.82) is 0 Å². The van der Waals surface area contributed by atoms with E-state index in [1.165, 1.54) is 19.1 Å². The maximum atomic E-state index is 11.7. The Morgan fingerprint density at radius 1 is 1.36 bits per heavy atom. The topological polar surface area (TPSA) is 106 Å². The summed E-state index contributed by atoms with van der Waals surface area (Å²) in [4.78, 5) is 33.4. The van der Waals surface area contributed by atoms with E-state index in [9.17, 15) is 14.4 Å². The first-order valence-electron chi connectivity index (χ1n) is 6.57. The summed E-state index contributed by atoms with van der Waals surface area (Å²) in [6.45, 7) is 2.81. The predicted molar refractivity (Wildman–Crippen MR) is 78.0 cm³/mol. The Kier molecular flexibility index (Phi) is 4.45. The van der Waals surface area contributed by atoms with Crippen molar-refractivity contribution in [3.8, 4) is 5.75 Å². The lowest BCUT2D eigenvalue weighted by Crippen LogP contribution is -2.39. The van der Waals surface area contributed by atoms with Gasteiger partial charge >= 0.3 is 11.6 Å². The van der Waals surface area contributed by atoms with Gasteiger partial charge in [0.15, 0.2) is 6.10 Å². The normalized spacial score (nSPS) is 11.9. The molecule has 0 aliphatic heterocycles. The molecule has 2 aromatic rings. The number of hydrogen-bond donors (Lipinski definition) is 2. The third kappa shape index (κ3) is 3.63. The number of aliphatic carboxylic acids is 1. The zero-order chi connectivity index (χ0) is 16.3. The minimum Gasteiger partial charge on any atom is -0.481 e. The van der Waals surface area contributed by atoms with Gasteiger partial charge < -0.3 is 19.6 Å². The van der Waals surface area contributed by atoms with E-state index < -0.39 is 30.2 Å². The van der Waals surface area contributed by atoms with Gasteiger partial charge in [-0.2, -0.15) is 0 Å². The molecule has 0 fully saturated rings. The first-order chi connectivity index (χ1) is 10.4. The Labute approximate surface area is 125 Å². The highest BCUT2D eigenvalue weighted by Crippen LogP contribution is 2.22. The van der Waals surface area contributed by atoms with Gasteiger partial charge in [0.2, 0.25) is 0 Å². The highest BCUT2D eigenvalue weighted by Gasteiger charge is 2.16. The smallest absolute Gasteiger partial charge is 0.336 e. The van der Waals surface area contributed by atoms with Crippen LogP contribution in [-0.4, -0.2) is 29.6 Å². The molecule has 0 bridgehead atoms. The molecule has 1 atom stereocenters. The molecule has 0 radical (unpaired) electrons. The second kappa shape index (κ2) is 6.30. The number of hydrogen-bond acceptors (Lipinski definition) is 5. The summed E-state index contributed by atoms with van der Waals surface area (Å²) in [5, 5.41) is 11.5. The SMILES string of the molecule is Cc1cc(=O)oc2cc(OC(C)C(=O)NCC(=O)O)ccc12. The van der Waals surface area contributed by atoms with Gasteiger partial charge in [-0.1, -0.05) is 0 Å². The van der Waals surface area contributed by atoms with E-state index in [4.69, 9.17) is 14.3 Å². The van der Waals surface area contributed by atoms with Gasteiger partial charge in [-0.3, -0.25) is 9.59 Å². The fourth-order valence-corrected chi connectivity index (χ4v) is 1.94. The zero-order valence-corrected chi connectivity index (χ0v) is 12.1. The molecule has 1 heterocycles. The number of benzene rings is 1. The van der Waals surface area contributed by atoms with Crippen molar-refractivity contribution < 1.29 is 23.8 Å². The van der Waals surface area contributed by atoms with Crippen molar-refractivity contribution in [2.45, 2.75) is 20.0 Å². The summed E-state index contributed by atoms with van der Waals surface area (Å²) in [7, 11) is 0. The van der Waals surface area contributed by atoms with Gasteiger partial charge in [0.05, 0.1) is 0 Å². The monoisotopic (exact) mass is 305 g/mol. The maximum absolute atomic E-state index is 11.7. The second-order valence-electron chi connectivity index (χ2n) is 4.78. The van der Waals surface area contributed by atoms with Crippen LogP contribution in [0.4, 0.5) is 0 Å². The molecule has 7 heteroatoms. The van der Waals surface area contributed by atoms with Crippen LogP contribution in [0.5, 0.6) is 5.75 Å². The van der Waals surface area contributed by atoms with E-state index in [1.807, 2.05) is 0 Å². The maximum Gasteiger partial charge on any atom is 0.336 e. The first-order valence-corrected chi connectivity index (χ1v) is 6.57. The van der Waals surface area contributed by atoms with Crippen molar-refractivity contribution in [2.24, 2.45) is 0 Å². The molecule has 0 spiro atoms. The van der Waals surface area contributed by atoms with Crippen molar-refractivity contribution in [1.82, 2.24) is 5.32 Å². The highest BCUT2D eigenvalue weighted by molar-refractivity contribution is 5.85. The van der Waals surface area contributed by atoms with E-state index in [1.54, 1.807) is 19.1 Å². The van der Waals surface area contributed by atoms with Crippen molar-refractivity contribution in [3.63, 3.8) is 0 Å². The molecule has 0 aliphatic rings. The van der Waals surface area contributed by atoms with E-state index >= 15 is 0 Å². The molecule has 0 saturated heterocycles. The number of carboxylic acid groups (broad SMARTS) is 1. The number of aryl methyl sites for hydroxylation is 1. The second-order valence-corrected chi connectivity index (χ2v) is 4.78. The van der Waals surface area contributed by atoms with E-state index in [-0.39, 0.29) is 0 Å². The molecular weight excluding hydrogens is 290 g/mol. The van der Waals surface area contributed by atoms with Crippen molar-refractivity contribution in [2.75, 3.05) is 6.54 Å². The van der Waals surface area contributed by atoms with Crippen LogP contribution >= 0.6 is 0 Å². The van der Waals surface area contributed by atoms with E-state index in [0.29, 0.717) is 11.3 Å². The first kappa shape index (κ1) is 15.6. The average molecular weight is 305 g/mol. The Morgan fingerprint density at radius 3 is 2.77 bits per heavy atom. The average Bonchev–Trinajstić information content (AvgIpc) is 2.43. The summed E-state index contributed by atoms with van der Waals surface area (Å²) < 4.78 is 10.5. The number of ether oxygens (including phenoxy) is 1. The van der Waals surface area contributed by atoms with Crippen LogP contribution in [0.1, 0.15) is 12.5 Å². The lowest BCUT2D eigenvalue weighted by Gasteiger charge is -2.14. The standard InChI is InChI=1S/C15H15NO6/c1-8-5-14(19)22-12-6-10(3-4-11(8)12)21-9(2)15(20)16-7-13(17)18/h3-6,9H,7H2,1-2H3,(H,16,20)(H,17,18). The fourth-order valence-electron chi connectivity index (χ4n) is 1.94. The molecule has 2 rings (SSSR count). The number of carbonyl (C=O) groups excluding carboxylic acids is 1. The lowest BCUT2D eigenvalue weighted by molar-refractivity contribution is -0.139. The van der Waals surface area contributed by atoms with Gasteiger partial charge in [-0.15, -0.1) is 0 Å². The van der Waals surface area contributed by atoms with Gasteiger partial charge in [-0.05, 0) is 31.5 Å². The minimum atomic E-state index is -1.14. The number of amides is 1. The molecule has 0 saturated carbocycles. The third-order valence-corrected chi connectivity index (χ3v) is 3.02. The van der Waals surface area contributed by atoms with Crippen molar-refractivity contribution in [3.05, 3.63) is 40.2 Å². The zero-order valence-electron chi connectivity index (χ0n) is 12.1. The molecule has 2 N–H and O–H groups in total. The third-order valence-electron chi connectivity index (χ3n) is 3.02. The summed E-state index contributed by atoms with van der Waals surface area (Å²) in [5.74, 6) is -1.34. The Bertz CT molecular complexity index is 779. The van der Waals surface area contributed by atoms with E-state index in [2.05, 4.69) is 5.32 Å². The Morgan fingerprint density at radius 2 is 2.09 bits per heavy atom. The summed E-state index contributed by atoms with van der Waals surface area (Å²) in [6, 6.07) is 6.29. The predicted octanol–water partition coefficient (Wildman–Crippen LogP) is 1.07. The number of carbonyl (C=O) groups is 2. The molecular formula is C15H15NO6. The van der Waals surface area contributed by atoms with Gasteiger partial charge in [0, 0.05) is 17.5 Å². The number of nitrogens with one attached hydrogen (secondary N) is 1. The molecule has 22 heavy (non-hydrogen) atoms. The highest BCUT2D eigenvalue weighted by atomic mass is 16.5. The van der Waals surface area contributed by atoms with Crippen LogP contribution in [0.15, 0.2) is 33.5 Å². The molecule has 0 aliphatic carbocycles. The van der Waals surface area contributed by atoms with Crippen LogP contribution in [-0.2, 0) is 9.59 Å². The lowest BCUT2D eigenvalue weighted by atomic mass is 10.1. The summed E-state index contributed by atoms with van der Waals surface area (Å²) in [6.07, 6.45) is -0.881. The molecule has 1 aromatic carbocycles. The van der Waals surface area contributed by atoms with Crippen LogP contribution in [0, 0.1) is 6.92 Å². The fraction of sp³-hybridized carbons (Fsp3) is 0.267. The summed E-state index contributed by atoms with van der Waals surface area (Å²) in [5.41, 5.74) is 0.681. The Balaban J connectivity index is 2.16. The van der Waals surface area contributed by atoms with E-state index in [0.717, 1.165) is 10.9 Å². The van der Waals surface area contributed by atoms with Gasteiger partial charge in [-0.25, -0.2) is 4.79 Å². The number of rotatable bonds is 5. The van der Waals surface area contributed by atoms with Crippen LogP contribution in [0.2, 0.25) is 0 Å². The van der Waals surface area contributed by atoms with Crippen LogP contribution < -0.4 is 15.7 Å². The molecule has 116 valence electrons. The molecule has 1 amide bonds. The van der Waals surface area contributed by atoms with Crippen LogP contribution in [0.3, 0.4) is 0 Å². The number of carboxylic acids is 1. The van der Waals surface area contributed by atoms with Crippen LogP contribution in [0.25, 0.3) is 11.0 Å². The minimum absolute atomic E-state index is 0.347. The quantitative estimate of drug-likeness (QED) is 0.800. The van der Waals surface area contributed by atoms with Gasteiger partial charge in [0.1, 0.15) is 17.9 Å². The molecule has 7 nitrogen and oxygen atoms in total. The number of fused-ring (bicyclic) bond motifs is 1. The largest absolute Gasteiger partial charge is 0.481 e. The molecule has 1 aromatic heterocycles. The van der Waals surface area contributed by atoms with Gasteiger partial charge in [0.25, 0.3) is 5.91 Å². The Hall–Kier alpha value is -2.83. The molecule has 1 unspecified atom stereocenters. The van der Waals surface area contributed by atoms with Crippen molar-refractivity contribution >= 4 is 22.8 Å². The summed E-state index contributed by atoms with van der Waals surface area (Å²) >= 11 is 0.